The van der Waals surface area contributed by atoms with Crippen LogP contribution in [0.3, 0.4) is 0 Å². The Morgan fingerprint density at radius 3 is 2.69 bits per heavy atom. The second kappa shape index (κ2) is 7.78. The van der Waals surface area contributed by atoms with Crippen LogP contribution >= 0.6 is 0 Å². The van der Waals surface area contributed by atoms with Crippen LogP contribution in [0.15, 0.2) is 42.5 Å². The zero-order chi connectivity index (χ0) is 20.4. The second-order valence-electron chi connectivity index (χ2n) is 7.72. The third kappa shape index (κ3) is 4.06. The molecule has 0 bridgehead atoms. The molecule has 2 aromatic rings. The molecule has 1 unspecified atom stereocenters. The minimum absolute atomic E-state index is 0.0190. The van der Waals surface area contributed by atoms with Gasteiger partial charge in [-0.15, -0.1) is 0 Å². The van der Waals surface area contributed by atoms with Gasteiger partial charge in [-0.1, -0.05) is 17.7 Å². The molecule has 2 heterocycles. The lowest BCUT2D eigenvalue weighted by Crippen LogP contribution is -2.45. The minimum atomic E-state index is -0.633. The van der Waals surface area contributed by atoms with Gasteiger partial charge in [0.25, 0.3) is 0 Å². The summed E-state index contributed by atoms with van der Waals surface area (Å²) in [6, 6.07) is 13.0. The van der Waals surface area contributed by atoms with E-state index in [0.29, 0.717) is 49.6 Å². The van der Waals surface area contributed by atoms with Gasteiger partial charge in [0.05, 0.1) is 38.7 Å². The fraction of sp³-hybridized carbons (Fsp3) is 0.391. The van der Waals surface area contributed by atoms with E-state index in [1.54, 1.807) is 30.2 Å². The normalized spacial score (nSPS) is 20.3. The molecule has 0 N–H and O–H groups in total. The number of carbonyl (C=O) groups excluding carboxylic acids is 2. The lowest BCUT2D eigenvalue weighted by Gasteiger charge is -2.34. The molecule has 6 nitrogen and oxygen atoms in total. The maximum Gasteiger partial charge on any atom is 0.226 e. The summed E-state index contributed by atoms with van der Waals surface area (Å²) in [5.74, 6) is 2.01. The number of benzene rings is 2. The molecule has 6 heteroatoms. The highest BCUT2D eigenvalue weighted by Crippen LogP contribution is 2.40. The number of aryl methyl sites for hydroxylation is 1. The first-order valence-corrected chi connectivity index (χ1v) is 9.85. The summed E-state index contributed by atoms with van der Waals surface area (Å²) >= 11 is 0. The van der Waals surface area contributed by atoms with Crippen LogP contribution in [0.25, 0.3) is 0 Å². The number of amides is 1. The van der Waals surface area contributed by atoms with Crippen LogP contribution in [0.4, 0.5) is 0 Å². The summed E-state index contributed by atoms with van der Waals surface area (Å²) in [4.78, 5) is 27.1. The molecule has 0 radical (unpaired) electrons. The number of likely N-dealkylation sites (tertiary alicyclic amines) is 1. The molecule has 1 saturated heterocycles. The van der Waals surface area contributed by atoms with Crippen molar-refractivity contribution in [3.8, 4) is 17.2 Å². The van der Waals surface area contributed by atoms with Crippen LogP contribution in [0.1, 0.15) is 35.2 Å². The molecule has 2 aliphatic rings. The van der Waals surface area contributed by atoms with Crippen LogP contribution in [-0.2, 0) is 4.79 Å². The maximum absolute atomic E-state index is 12.7. The lowest BCUT2D eigenvalue weighted by molar-refractivity contribution is -0.131. The molecule has 2 aliphatic heterocycles. The molecule has 1 atom stereocenters. The zero-order valence-corrected chi connectivity index (χ0v) is 16.8. The van der Waals surface area contributed by atoms with Crippen molar-refractivity contribution in [2.24, 2.45) is 0 Å². The minimum Gasteiger partial charge on any atom is -0.497 e. The Balaban J connectivity index is 1.35. The SMILES string of the molecule is COc1ccc2c(c1)C(=O)CC1(CCN(C(=O)CCOc3ccc(C)cc3)C1)O2. The highest BCUT2D eigenvalue weighted by atomic mass is 16.5. The van der Waals surface area contributed by atoms with Gasteiger partial charge in [0.1, 0.15) is 22.8 Å². The molecular formula is C23H25NO5. The molecule has 1 amide bonds. The Morgan fingerprint density at radius 1 is 1.17 bits per heavy atom. The second-order valence-corrected chi connectivity index (χ2v) is 7.72. The summed E-state index contributed by atoms with van der Waals surface area (Å²) in [5.41, 5.74) is 1.08. The Morgan fingerprint density at radius 2 is 1.93 bits per heavy atom. The van der Waals surface area contributed by atoms with Crippen molar-refractivity contribution in [1.29, 1.82) is 0 Å². The number of hydrogen-bond donors (Lipinski definition) is 0. The van der Waals surface area contributed by atoms with Gasteiger partial charge in [-0.3, -0.25) is 9.59 Å². The first kappa shape index (κ1) is 19.3. The first-order valence-electron chi connectivity index (χ1n) is 9.85. The maximum atomic E-state index is 12.7. The topological polar surface area (TPSA) is 65.1 Å². The van der Waals surface area contributed by atoms with Gasteiger partial charge >= 0.3 is 0 Å². The number of ketones is 1. The predicted octanol–water partition coefficient (Wildman–Crippen LogP) is 3.41. The van der Waals surface area contributed by atoms with Gasteiger partial charge in [-0.05, 0) is 37.3 Å². The van der Waals surface area contributed by atoms with E-state index < -0.39 is 5.60 Å². The third-order valence-corrected chi connectivity index (χ3v) is 5.57. The van der Waals surface area contributed by atoms with Gasteiger partial charge in [0.15, 0.2) is 5.78 Å². The Bertz CT molecular complexity index is 923. The quantitative estimate of drug-likeness (QED) is 0.776. The highest BCUT2D eigenvalue weighted by molar-refractivity contribution is 6.01. The molecule has 29 heavy (non-hydrogen) atoms. The third-order valence-electron chi connectivity index (χ3n) is 5.57. The highest BCUT2D eigenvalue weighted by Gasteiger charge is 2.46. The van der Waals surface area contributed by atoms with E-state index in [1.807, 2.05) is 31.2 Å². The molecule has 152 valence electrons. The number of rotatable bonds is 5. The number of methoxy groups -OCH3 is 1. The molecule has 0 aliphatic carbocycles. The number of Topliss-reactive ketones (excluding diaryl/α,β-unsaturated/α-hetero) is 1. The van der Waals surface area contributed by atoms with E-state index in [-0.39, 0.29) is 18.1 Å². The van der Waals surface area contributed by atoms with Crippen molar-refractivity contribution < 1.29 is 23.8 Å². The van der Waals surface area contributed by atoms with Gasteiger partial charge < -0.3 is 19.1 Å². The van der Waals surface area contributed by atoms with Crippen molar-refractivity contribution in [2.45, 2.75) is 31.8 Å². The van der Waals surface area contributed by atoms with Gasteiger partial charge in [0.2, 0.25) is 5.91 Å². The van der Waals surface area contributed by atoms with Crippen molar-refractivity contribution in [3.05, 3.63) is 53.6 Å². The number of fused-ring (bicyclic) bond motifs is 1. The summed E-state index contributed by atoms with van der Waals surface area (Å²) in [6.07, 6.45) is 1.22. The van der Waals surface area contributed by atoms with E-state index in [4.69, 9.17) is 14.2 Å². The van der Waals surface area contributed by atoms with E-state index in [2.05, 4.69) is 0 Å². The summed E-state index contributed by atoms with van der Waals surface area (Å²) in [7, 11) is 1.57. The predicted molar refractivity (Wildman–Crippen MR) is 108 cm³/mol. The molecule has 2 aromatic carbocycles. The number of nitrogens with zero attached hydrogens (tertiary/aromatic N) is 1. The molecule has 0 saturated carbocycles. The van der Waals surface area contributed by atoms with Crippen LogP contribution in [0, 0.1) is 6.92 Å². The van der Waals surface area contributed by atoms with Crippen LogP contribution < -0.4 is 14.2 Å². The van der Waals surface area contributed by atoms with E-state index in [0.717, 1.165) is 11.3 Å². The summed E-state index contributed by atoms with van der Waals surface area (Å²) in [5, 5.41) is 0. The molecule has 0 aromatic heterocycles. The fourth-order valence-electron chi connectivity index (χ4n) is 3.93. The molecule has 4 rings (SSSR count). The number of carbonyl (C=O) groups is 2. The van der Waals surface area contributed by atoms with Gasteiger partial charge in [0, 0.05) is 13.0 Å². The van der Waals surface area contributed by atoms with Crippen LogP contribution in [0.5, 0.6) is 17.2 Å². The molecule has 1 fully saturated rings. The van der Waals surface area contributed by atoms with Crippen molar-refractivity contribution in [3.63, 3.8) is 0 Å². The molecular weight excluding hydrogens is 370 g/mol. The monoisotopic (exact) mass is 395 g/mol. The van der Waals surface area contributed by atoms with Crippen molar-refractivity contribution in [1.82, 2.24) is 4.90 Å². The van der Waals surface area contributed by atoms with E-state index >= 15 is 0 Å². The largest absolute Gasteiger partial charge is 0.497 e. The van der Waals surface area contributed by atoms with Gasteiger partial charge in [-0.25, -0.2) is 0 Å². The standard InChI is InChI=1S/C23H25NO5/c1-16-3-5-17(6-4-16)28-12-9-22(26)24-11-10-23(15-24)14-20(25)19-13-18(27-2)7-8-21(19)29-23/h3-8,13H,9-12,14-15H2,1-2H3. The molecule has 1 spiro atoms. The van der Waals surface area contributed by atoms with Gasteiger partial charge in [-0.2, -0.15) is 0 Å². The average molecular weight is 395 g/mol. The zero-order valence-electron chi connectivity index (χ0n) is 16.8. The van der Waals surface area contributed by atoms with Crippen LogP contribution in [0.2, 0.25) is 0 Å². The summed E-state index contributed by atoms with van der Waals surface area (Å²) < 4.78 is 17.1. The van der Waals surface area contributed by atoms with E-state index in [1.165, 1.54) is 0 Å². The smallest absolute Gasteiger partial charge is 0.226 e. The van der Waals surface area contributed by atoms with Crippen molar-refractivity contribution in [2.75, 3.05) is 26.8 Å². The Labute approximate surface area is 170 Å². The first-order chi connectivity index (χ1) is 14.0. The Kier molecular flexibility index (Phi) is 5.18. The lowest BCUT2D eigenvalue weighted by atomic mass is 9.89. The number of ether oxygens (including phenoxy) is 3. The van der Waals surface area contributed by atoms with Crippen molar-refractivity contribution >= 4 is 11.7 Å². The van der Waals surface area contributed by atoms with E-state index in [9.17, 15) is 9.59 Å². The summed E-state index contributed by atoms with van der Waals surface area (Å²) in [6.45, 7) is 3.35. The Hall–Kier alpha value is -3.02. The number of hydrogen-bond acceptors (Lipinski definition) is 5. The van der Waals surface area contributed by atoms with Crippen LogP contribution in [-0.4, -0.2) is 49.0 Å². The fourth-order valence-corrected chi connectivity index (χ4v) is 3.93. The average Bonchev–Trinajstić information content (AvgIpc) is 3.12.